The lowest BCUT2D eigenvalue weighted by Crippen LogP contribution is -1.84. The third-order valence-corrected chi connectivity index (χ3v) is 3.77. The predicted molar refractivity (Wildman–Crippen MR) is 73.1 cm³/mol. The van der Waals surface area contributed by atoms with Crippen molar-refractivity contribution >= 4 is 10.9 Å². The zero-order chi connectivity index (χ0) is 12.1. The number of rotatable bonds is 1. The van der Waals surface area contributed by atoms with E-state index in [9.17, 15) is 0 Å². The zero-order valence-corrected chi connectivity index (χ0v) is 10.2. The summed E-state index contributed by atoms with van der Waals surface area (Å²) in [5.41, 5.74) is 6.59. The molecule has 2 heteroatoms. The van der Waals surface area contributed by atoms with Gasteiger partial charge in [0.2, 0.25) is 0 Å². The van der Waals surface area contributed by atoms with Crippen LogP contribution in [-0.2, 0) is 6.42 Å². The number of nitrogens with one attached hydrogen (secondary N) is 1. The van der Waals surface area contributed by atoms with Crippen molar-refractivity contribution in [2.45, 2.75) is 6.42 Å². The smallest absolute Gasteiger partial charge is 0.120 e. The van der Waals surface area contributed by atoms with E-state index in [1.807, 2.05) is 6.07 Å². The number of methoxy groups -OCH3 is 1. The Morgan fingerprint density at radius 2 is 2.00 bits per heavy atom. The van der Waals surface area contributed by atoms with Gasteiger partial charge in [0.1, 0.15) is 5.75 Å². The molecule has 0 unspecified atom stereocenters. The van der Waals surface area contributed by atoms with Gasteiger partial charge in [-0.15, -0.1) is 0 Å². The van der Waals surface area contributed by atoms with Gasteiger partial charge in [-0.25, -0.2) is 0 Å². The lowest BCUT2D eigenvalue weighted by molar-refractivity contribution is 0.415. The van der Waals surface area contributed by atoms with E-state index in [0.717, 1.165) is 17.7 Å². The highest BCUT2D eigenvalue weighted by Gasteiger charge is 2.22. The molecule has 2 nitrogen and oxygen atoms in total. The van der Waals surface area contributed by atoms with Crippen molar-refractivity contribution in [1.82, 2.24) is 4.98 Å². The molecule has 0 saturated carbocycles. The van der Waals surface area contributed by atoms with Crippen LogP contribution in [0.4, 0.5) is 0 Å². The standard InChI is InChI=1S/C16H13NO/c1-18-11-6-7-13-14-8-10-4-2-3-5-12(10)16(14)17-15(13)9-11/h2-7,9,17H,8H2,1H3. The van der Waals surface area contributed by atoms with E-state index in [-0.39, 0.29) is 0 Å². The maximum absolute atomic E-state index is 5.27. The molecule has 0 saturated heterocycles. The highest BCUT2D eigenvalue weighted by atomic mass is 16.5. The minimum atomic E-state index is 0.899. The Morgan fingerprint density at radius 1 is 1.11 bits per heavy atom. The van der Waals surface area contributed by atoms with Gasteiger partial charge in [0.15, 0.2) is 0 Å². The van der Waals surface area contributed by atoms with Crippen molar-refractivity contribution in [3.05, 3.63) is 53.6 Å². The van der Waals surface area contributed by atoms with Crippen molar-refractivity contribution < 1.29 is 4.74 Å². The molecular formula is C16H13NO. The molecule has 18 heavy (non-hydrogen) atoms. The van der Waals surface area contributed by atoms with Crippen LogP contribution in [-0.4, -0.2) is 12.1 Å². The van der Waals surface area contributed by atoms with Crippen LogP contribution in [0.3, 0.4) is 0 Å². The predicted octanol–water partition coefficient (Wildman–Crippen LogP) is 3.75. The number of hydrogen-bond donors (Lipinski definition) is 1. The van der Waals surface area contributed by atoms with Crippen LogP contribution in [0.15, 0.2) is 42.5 Å². The van der Waals surface area contributed by atoms with E-state index < -0.39 is 0 Å². The lowest BCUT2D eigenvalue weighted by atomic mass is 10.1. The largest absolute Gasteiger partial charge is 0.497 e. The molecule has 3 aromatic rings. The summed E-state index contributed by atoms with van der Waals surface area (Å²) in [6.07, 6.45) is 1.03. The van der Waals surface area contributed by atoms with Gasteiger partial charge < -0.3 is 9.72 Å². The maximum Gasteiger partial charge on any atom is 0.120 e. The molecule has 1 aliphatic rings. The Balaban J connectivity index is 2.01. The summed E-state index contributed by atoms with van der Waals surface area (Å²) in [6.45, 7) is 0. The molecule has 0 fully saturated rings. The number of benzene rings is 2. The molecule has 88 valence electrons. The fourth-order valence-corrected chi connectivity index (χ4v) is 2.88. The number of ether oxygens (including phenoxy) is 1. The van der Waals surface area contributed by atoms with Crippen molar-refractivity contribution in [1.29, 1.82) is 0 Å². The van der Waals surface area contributed by atoms with Gasteiger partial charge in [0, 0.05) is 29.0 Å². The molecule has 4 rings (SSSR count). The highest BCUT2D eigenvalue weighted by molar-refractivity contribution is 5.94. The van der Waals surface area contributed by atoms with E-state index in [4.69, 9.17) is 4.74 Å². The number of fused-ring (bicyclic) bond motifs is 5. The lowest BCUT2D eigenvalue weighted by Gasteiger charge is -2.01. The van der Waals surface area contributed by atoms with E-state index in [2.05, 4.69) is 41.4 Å². The SMILES string of the molecule is COc1ccc2c3c([nH]c2c1)-c1ccccc1C3. The van der Waals surface area contributed by atoms with Crippen LogP contribution in [0, 0.1) is 0 Å². The number of aromatic nitrogens is 1. The van der Waals surface area contributed by atoms with Crippen LogP contribution >= 0.6 is 0 Å². The maximum atomic E-state index is 5.27. The second-order valence-corrected chi connectivity index (χ2v) is 4.72. The summed E-state index contributed by atoms with van der Waals surface area (Å²) in [6, 6.07) is 14.8. The molecule has 0 atom stereocenters. The van der Waals surface area contributed by atoms with Gasteiger partial charge in [-0.1, -0.05) is 24.3 Å². The number of aromatic amines is 1. The van der Waals surface area contributed by atoms with Crippen molar-refractivity contribution in [2.75, 3.05) is 7.11 Å². The Morgan fingerprint density at radius 3 is 2.89 bits per heavy atom. The summed E-state index contributed by atoms with van der Waals surface area (Å²) in [7, 11) is 1.70. The molecule has 0 aliphatic heterocycles. The first-order valence-corrected chi connectivity index (χ1v) is 6.13. The first kappa shape index (κ1) is 9.77. The monoisotopic (exact) mass is 235 g/mol. The molecule has 0 radical (unpaired) electrons. The molecule has 1 aliphatic carbocycles. The summed E-state index contributed by atoms with van der Waals surface area (Å²) < 4.78 is 5.27. The summed E-state index contributed by atoms with van der Waals surface area (Å²) in [5, 5.41) is 1.31. The second-order valence-electron chi connectivity index (χ2n) is 4.72. The Kier molecular flexibility index (Phi) is 1.84. The van der Waals surface area contributed by atoms with Gasteiger partial charge in [-0.05, 0) is 23.3 Å². The van der Waals surface area contributed by atoms with E-state index in [1.165, 1.54) is 27.8 Å². The van der Waals surface area contributed by atoms with Gasteiger partial charge in [0.05, 0.1) is 12.8 Å². The Hall–Kier alpha value is -2.22. The quantitative estimate of drug-likeness (QED) is 0.534. The van der Waals surface area contributed by atoms with Gasteiger partial charge in [0.25, 0.3) is 0 Å². The first-order valence-electron chi connectivity index (χ1n) is 6.13. The molecule has 1 heterocycles. The van der Waals surface area contributed by atoms with Crippen LogP contribution in [0.25, 0.3) is 22.2 Å². The van der Waals surface area contributed by atoms with E-state index in [0.29, 0.717) is 0 Å². The molecule has 0 spiro atoms. The average Bonchev–Trinajstić information content (AvgIpc) is 2.93. The number of hydrogen-bond acceptors (Lipinski definition) is 1. The summed E-state index contributed by atoms with van der Waals surface area (Å²) >= 11 is 0. The fraction of sp³-hybridized carbons (Fsp3) is 0.125. The van der Waals surface area contributed by atoms with E-state index in [1.54, 1.807) is 7.11 Å². The van der Waals surface area contributed by atoms with Crippen LogP contribution < -0.4 is 4.74 Å². The fourth-order valence-electron chi connectivity index (χ4n) is 2.88. The molecule has 2 aromatic carbocycles. The van der Waals surface area contributed by atoms with Crippen molar-refractivity contribution in [2.24, 2.45) is 0 Å². The van der Waals surface area contributed by atoms with Gasteiger partial charge in [-0.3, -0.25) is 0 Å². The summed E-state index contributed by atoms with van der Waals surface area (Å²) in [4.78, 5) is 3.53. The third kappa shape index (κ3) is 1.17. The van der Waals surface area contributed by atoms with Gasteiger partial charge >= 0.3 is 0 Å². The Labute approximate surface area is 105 Å². The molecule has 1 aromatic heterocycles. The third-order valence-electron chi connectivity index (χ3n) is 3.77. The van der Waals surface area contributed by atoms with Gasteiger partial charge in [-0.2, -0.15) is 0 Å². The number of H-pyrrole nitrogens is 1. The van der Waals surface area contributed by atoms with Crippen LogP contribution in [0.5, 0.6) is 5.75 Å². The van der Waals surface area contributed by atoms with Crippen molar-refractivity contribution in [3.63, 3.8) is 0 Å². The first-order chi connectivity index (χ1) is 8.86. The minimum Gasteiger partial charge on any atom is -0.497 e. The molecule has 0 bridgehead atoms. The van der Waals surface area contributed by atoms with E-state index >= 15 is 0 Å². The highest BCUT2D eigenvalue weighted by Crippen LogP contribution is 2.40. The zero-order valence-electron chi connectivity index (χ0n) is 10.2. The average molecular weight is 235 g/mol. The molecule has 0 amide bonds. The second kappa shape index (κ2) is 3.39. The van der Waals surface area contributed by atoms with Crippen LogP contribution in [0.2, 0.25) is 0 Å². The van der Waals surface area contributed by atoms with Crippen LogP contribution in [0.1, 0.15) is 11.1 Å². The molecular weight excluding hydrogens is 222 g/mol. The topological polar surface area (TPSA) is 25.0 Å². The molecule has 1 N–H and O–H groups in total. The van der Waals surface area contributed by atoms with Crippen molar-refractivity contribution in [3.8, 4) is 17.0 Å². The Bertz CT molecular complexity index is 755. The normalized spacial score (nSPS) is 12.5. The summed E-state index contributed by atoms with van der Waals surface area (Å²) in [5.74, 6) is 0.899. The minimum absolute atomic E-state index is 0.899.